The van der Waals surface area contributed by atoms with Crippen LogP contribution in [-0.4, -0.2) is 80.1 Å². The summed E-state index contributed by atoms with van der Waals surface area (Å²) in [4.78, 5) is 56.6. The van der Waals surface area contributed by atoms with Crippen LogP contribution in [0.25, 0.3) is 117 Å². The predicted octanol–water partition coefficient (Wildman–Crippen LogP) is 14.9. The van der Waals surface area contributed by atoms with Crippen LogP contribution < -0.4 is 21.9 Å². The summed E-state index contributed by atoms with van der Waals surface area (Å²) in [5.74, 6) is 8.01. The van der Waals surface area contributed by atoms with Crippen molar-refractivity contribution in [2.45, 2.75) is 82.5 Å². The SMILES string of the molecule is COc1nc(-c2ccccc2)nc2cc(-c3nc(C4CCC4)n4ccnc(N)c34)ccc12.Cc1nc(-c2ccccc2)nc2cc(-c3nc(C4CCC4)n4ccnc(N)c34)ccc12.Nc1nccn2c(C3CCC3)nc(-c3ccc4ncc(-c5ccccc5)nc4c3)c12. The lowest BCUT2D eigenvalue weighted by atomic mass is 9.85. The standard InChI is InChI=1S/C25H22N6O.C25H22N6.C24H20N6/c1-32-25-18-11-10-17(14-19(18)28-23(30-25)15-6-3-2-4-7-15)20-21-22(26)27-12-13-31(21)24(29-20)16-8-5-9-16;1-15-19-11-10-18(14-20(19)29-24(28-15)16-6-3-2-4-7-16)21-22-23(26)27-12-13-31(22)25(30-21)17-8-5-9-17;25-23-22-21(29-24(16-7-4-8-16)30(22)12-11-26-23)17-9-10-18-19(13-17)28-20(14-27-18)15-5-2-1-3-6-15/h2-4,6-7,10-14,16H,5,8-9H2,1H3,(H2,26,27);2-4,6-7,10-14,17H,5,8-9H2,1H3,(H2,26,27);1-3,5-6,9-14,16H,4,7-8H2,(H2,25,26). The Kier molecular flexibility index (Phi) is 14.4. The number of aryl methyl sites for hydroxylation is 1. The van der Waals surface area contributed by atoms with Crippen LogP contribution in [0, 0.1) is 6.92 Å². The fourth-order valence-corrected chi connectivity index (χ4v) is 12.9. The number of imidazole rings is 3. The maximum atomic E-state index is 6.31. The normalized spacial score (nSPS) is 14.2. The van der Waals surface area contributed by atoms with Gasteiger partial charge in [-0.1, -0.05) is 135 Å². The topological polar surface area (TPSA) is 255 Å². The summed E-state index contributed by atoms with van der Waals surface area (Å²) >= 11 is 0. The molecule has 9 aromatic heterocycles. The first-order valence-electron chi connectivity index (χ1n) is 31.6. The van der Waals surface area contributed by atoms with Crippen LogP contribution in [0.5, 0.6) is 5.88 Å². The largest absolute Gasteiger partial charge is 0.480 e. The number of methoxy groups -OCH3 is 1. The number of hydrogen-bond donors (Lipinski definition) is 3. The molecule has 3 aliphatic rings. The van der Waals surface area contributed by atoms with E-state index in [0.29, 0.717) is 46.9 Å². The van der Waals surface area contributed by atoms with Crippen LogP contribution in [0.4, 0.5) is 17.5 Å². The zero-order valence-corrected chi connectivity index (χ0v) is 51.3. The molecule has 18 rings (SSSR count). The molecule has 0 radical (unpaired) electrons. The molecule has 0 amide bonds. The second-order valence-electron chi connectivity index (χ2n) is 24.1. The first kappa shape index (κ1) is 56.6. The van der Waals surface area contributed by atoms with E-state index >= 15 is 0 Å². The molecule has 6 aromatic carbocycles. The fraction of sp³-hybridized carbons (Fsp3) is 0.189. The van der Waals surface area contributed by atoms with Crippen LogP contribution in [0.2, 0.25) is 0 Å². The molecule has 15 aromatic rings. The summed E-state index contributed by atoms with van der Waals surface area (Å²) < 4.78 is 11.9. The van der Waals surface area contributed by atoms with Crippen molar-refractivity contribution >= 4 is 66.8 Å². The number of nitrogens with two attached hydrogens (primary N) is 3. The lowest BCUT2D eigenvalue weighted by molar-refractivity contribution is 0.400. The smallest absolute Gasteiger partial charge is 0.224 e. The van der Waals surface area contributed by atoms with Crippen molar-refractivity contribution < 1.29 is 4.74 Å². The van der Waals surface area contributed by atoms with Crippen molar-refractivity contribution in [3.05, 3.63) is 212 Å². The van der Waals surface area contributed by atoms with E-state index in [1.165, 1.54) is 44.9 Å². The van der Waals surface area contributed by atoms with Crippen molar-refractivity contribution in [2.24, 2.45) is 0 Å². The van der Waals surface area contributed by atoms with Gasteiger partial charge in [-0.2, -0.15) is 4.98 Å². The van der Waals surface area contributed by atoms with Crippen LogP contribution in [0.1, 0.15) is 98.7 Å². The molecular formula is C74H64N18O. The Morgan fingerprint density at radius 1 is 0.387 bits per heavy atom. The van der Waals surface area contributed by atoms with Gasteiger partial charge in [0.2, 0.25) is 5.88 Å². The molecule has 0 spiro atoms. The van der Waals surface area contributed by atoms with E-state index in [9.17, 15) is 0 Å². The summed E-state index contributed by atoms with van der Waals surface area (Å²) in [6.07, 6.45) is 23.7. The Balaban J connectivity index is 0.000000111. The molecule has 19 heteroatoms. The van der Waals surface area contributed by atoms with Gasteiger partial charge >= 0.3 is 0 Å². The van der Waals surface area contributed by atoms with E-state index < -0.39 is 0 Å². The zero-order valence-electron chi connectivity index (χ0n) is 51.3. The van der Waals surface area contributed by atoms with E-state index in [0.717, 1.165) is 147 Å². The number of aromatic nitrogens is 15. The molecule has 0 aliphatic heterocycles. The van der Waals surface area contributed by atoms with Gasteiger partial charge in [0.25, 0.3) is 0 Å². The molecule has 3 aliphatic carbocycles. The van der Waals surface area contributed by atoms with Crippen molar-refractivity contribution in [3.63, 3.8) is 0 Å². The second-order valence-corrected chi connectivity index (χ2v) is 24.1. The minimum absolute atomic E-state index is 0.464. The summed E-state index contributed by atoms with van der Waals surface area (Å²) in [5.41, 5.74) is 35.1. The van der Waals surface area contributed by atoms with E-state index in [1.807, 2.05) is 159 Å². The third-order valence-electron chi connectivity index (χ3n) is 18.5. The molecule has 3 fully saturated rings. The maximum absolute atomic E-state index is 6.31. The highest BCUT2D eigenvalue weighted by atomic mass is 16.5. The van der Waals surface area contributed by atoms with Gasteiger partial charge in [0.1, 0.15) is 68.6 Å². The van der Waals surface area contributed by atoms with Crippen LogP contribution in [0.3, 0.4) is 0 Å². The third kappa shape index (κ3) is 10.4. The molecule has 93 heavy (non-hydrogen) atoms. The molecule has 6 N–H and O–H groups in total. The zero-order chi connectivity index (χ0) is 62.7. The van der Waals surface area contributed by atoms with Gasteiger partial charge in [0, 0.05) is 99.4 Å². The van der Waals surface area contributed by atoms with Gasteiger partial charge in [-0.15, -0.1) is 0 Å². The van der Waals surface area contributed by atoms with Gasteiger partial charge < -0.3 is 21.9 Å². The Hall–Kier alpha value is -11.6. The summed E-state index contributed by atoms with van der Waals surface area (Å²) in [6, 6.07) is 48.4. The Bertz CT molecular complexity index is 5330. The summed E-state index contributed by atoms with van der Waals surface area (Å²) in [7, 11) is 1.63. The third-order valence-corrected chi connectivity index (χ3v) is 18.5. The van der Waals surface area contributed by atoms with Crippen molar-refractivity contribution in [1.29, 1.82) is 0 Å². The number of ether oxygens (including phenoxy) is 1. The molecule has 0 atom stereocenters. The lowest BCUT2D eigenvalue weighted by Crippen LogP contribution is -2.12. The Labute approximate surface area is 534 Å². The van der Waals surface area contributed by atoms with E-state index in [4.69, 9.17) is 56.8 Å². The number of anilines is 3. The van der Waals surface area contributed by atoms with Crippen molar-refractivity contribution in [1.82, 2.24) is 73.0 Å². The van der Waals surface area contributed by atoms with Gasteiger partial charge in [0.05, 0.1) is 46.5 Å². The minimum Gasteiger partial charge on any atom is -0.480 e. The highest BCUT2D eigenvalue weighted by Gasteiger charge is 2.30. The number of nitrogen functional groups attached to an aromatic ring is 3. The van der Waals surface area contributed by atoms with E-state index in [-0.39, 0.29) is 0 Å². The molecule has 3 saturated carbocycles. The first-order valence-corrected chi connectivity index (χ1v) is 31.6. The van der Waals surface area contributed by atoms with Crippen LogP contribution in [0.15, 0.2) is 189 Å². The maximum Gasteiger partial charge on any atom is 0.224 e. The molecule has 0 unspecified atom stereocenters. The predicted molar refractivity (Wildman–Crippen MR) is 365 cm³/mol. The Morgan fingerprint density at radius 2 is 0.796 bits per heavy atom. The molecule has 0 bridgehead atoms. The highest BCUT2D eigenvalue weighted by molar-refractivity contribution is 5.95. The number of nitrogens with zero attached hydrogens (tertiary/aromatic N) is 15. The number of benzene rings is 6. The van der Waals surface area contributed by atoms with Crippen LogP contribution in [-0.2, 0) is 0 Å². The summed E-state index contributed by atoms with van der Waals surface area (Å²) in [5, 5.41) is 1.89. The molecule has 19 nitrogen and oxygen atoms in total. The van der Waals surface area contributed by atoms with Gasteiger partial charge in [0.15, 0.2) is 11.6 Å². The van der Waals surface area contributed by atoms with Gasteiger partial charge in [-0.25, -0.2) is 49.8 Å². The van der Waals surface area contributed by atoms with E-state index in [2.05, 4.69) is 56.3 Å². The average Bonchev–Trinajstić information content (AvgIpc) is 1.67. The molecule has 0 saturated heterocycles. The molecular weight excluding hydrogens is 1160 g/mol. The summed E-state index contributed by atoms with van der Waals surface area (Å²) in [6.45, 7) is 2.03. The molecule has 9 heterocycles. The van der Waals surface area contributed by atoms with E-state index in [1.54, 1.807) is 25.7 Å². The number of fused-ring (bicyclic) bond motifs is 6. The van der Waals surface area contributed by atoms with Crippen molar-refractivity contribution in [3.8, 4) is 73.7 Å². The van der Waals surface area contributed by atoms with Gasteiger partial charge in [-0.3, -0.25) is 18.2 Å². The highest BCUT2D eigenvalue weighted by Crippen LogP contribution is 2.43. The van der Waals surface area contributed by atoms with Crippen LogP contribution >= 0.6 is 0 Å². The second kappa shape index (κ2) is 23.6. The monoisotopic (exact) mass is 1220 g/mol. The average molecular weight is 1220 g/mol. The lowest BCUT2D eigenvalue weighted by Gasteiger charge is -2.23. The van der Waals surface area contributed by atoms with Gasteiger partial charge in [-0.05, 0) is 75.8 Å². The Morgan fingerprint density at radius 3 is 1.24 bits per heavy atom. The number of hydrogen-bond acceptors (Lipinski definition) is 16. The molecule has 456 valence electrons. The first-order chi connectivity index (χ1) is 45.7. The van der Waals surface area contributed by atoms with Crippen molar-refractivity contribution in [2.75, 3.05) is 24.3 Å². The number of rotatable bonds is 10. The minimum atomic E-state index is 0.464. The fourth-order valence-electron chi connectivity index (χ4n) is 12.9. The quantitative estimate of drug-likeness (QED) is 0.115.